The number of pyridine rings is 1. The molecule has 4 nitrogen and oxygen atoms in total. The molecule has 2 N–H and O–H groups in total. The predicted molar refractivity (Wildman–Crippen MR) is 78.2 cm³/mol. The third kappa shape index (κ3) is 3.55. The fourth-order valence-electron chi connectivity index (χ4n) is 2.26. The van der Waals surface area contributed by atoms with Crippen LogP contribution in [-0.2, 0) is 17.7 Å². The highest BCUT2D eigenvalue weighted by molar-refractivity contribution is 5.80. The van der Waals surface area contributed by atoms with Gasteiger partial charge in [0, 0.05) is 30.4 Å². The van der Waals surface area contributed by atoms with E-state index in [0.717, 1.165) is 18.6 Å². The molecule has 2 aromatic rings. The van der Waals surface area contributed by atoms with Gasteiger partial charge in [-0.05, 0) is 44.9 Å². The highest BCUT2D eigenvalue weighted by atomic mass is 16.5. The average Bonchev–Trinajstić information content (AvgIpc) is 2.67. The Morgan fingerprint density at radius 1 is 1.37 bits per heavy atom. The predicted octanol–water partition coefficient (Wildman–Crippen LogP) is 2.35. The lowest BCUT2D eigenvalue weighted by molar-refractivity contribution is 0.0733. The lowest BCUT2D eigenvalue weighted by atomic mass is 10.1. The van der Waals surface area contributed by atoms with E-state index in [2.05, 4.69) is 21.8 Å². The molecule has 2 heterocycles. The Bertz CT molecular complexity index is 531. The Kier molecular flexibility index (Phi) is 4.56. The van der Waals surface area contributed by atoms with Crippen LogP contribution in [0.3, 0.4) is 0 Å². The van der Waals surface area contributed by atoms with Gasteiger partial charge in [0.15, 0.2) is 0 Å². The average molecular weight is 261 g/mol. The quantitative estimate of drug-likeness (QED) is 0.868. The zero-order valence-corrected chi connectivity index (χ0v) is 12.0. The zero-order valence-electron chi connectivity index (χ0n) is 12.0. The third-order valence-electron chi connectivity index (χ3n) is 3.04. The minimum absolute atomic E-state index is 0.158. The van der Waals surface area contributed by atoms with Gasteiger partial charge in [0.1, 0.15) is 5.65 Å². The summed E-state index contributed by atoms with van der Waals surface area (Å²) >= 11 is 0. The topological polar surface area (TPSA) is 53.1 Å². The first-order chi connectivity index (χ1) is 9.08. The Labute approximate surface area is 114 Å². The molecule has 19 heavy (non-hydrogen) atoms. The van der Waals surface area contributed by atoms with Gasteiger partial charge in [0.2, 0.25) is 0 Å². The number of hydrogen-bond donors (Lipinski definition) is 1. The highest BCUT2D eigenvalue weighted by Gasteiger charge is 2.10. The second-order valence-electron chi connectivity index (χ2n) is 5.32. The maximum absolute atomic E-state index is 5.91. The molecule has 0 bridgehead atoms. The van der Waals surface area contributed by atoms with Crippen LogP contribution in [-0.4, -0.2) is 28.3 Å². The second kappa shape index (κ2) is 6.17. The third-order valence-corrected chi connectivity index (χ3v) is 3.04. The van der Waals surface area contributed by atoms with Crippen molar-refractivity contribution in [1.29, 1.82) is 0 Å². The van der Waals surface area contributed by atoms with Crippen LogP contribution in [0.2, 0.25) is 0 Å². The largest absolute Gasteiger partial charge is 0.377 e. The Hall–Kier alpha value is -1.39. The monoisotopic (exact) mass is 261 g/mol. The summed E-state index contributed by atoms with van der Waals surface area (Å²) < 4.78 is 7.77. The van der Waals surface area contributed by atoms with Crippen molar-refractivity contribution in [2.24, 2.45) is 5.73 Å². The van der Waals surface area contributed by atoms with Gasteiger partial charge in [0.05, 0.1) is 12.7 Å². The first-order valence-corrected chi connectivity index (χ1v) is 6.88. The molecular formula is C15H23N3O. The van der Waals surface area contributed by atoms with Crippen LogP contribution >= 0.6 is 0 Å². The first-order valence-electron chi connectivity index (χ1n) is 6.88. The summed E-state index contributed by atoms with van der Waals surface area (Å²) in [5, 5.41) is 1.20. The summed E-state index contributed by atoms with van der Waals surface area (Å²) in [6, 6.07) is 4.24. The van der Waals surface area contributed by atoms with Crippen LogP contribution in [0.5, 0.6) is 0 Å². The summed E-state index contributed by atoms with van der Waals surface area (Å²) in [6.07, 6.45) is 5.13. The fourth-order valence-corrected chi connectivity index (χ4v) is 2.26. The summed E-state index contributed by atoms with van der Waals surface area (Å²) in [5.41, 5.74) is 8.20. The van der Waals surface area contributed by atoms with Gasteiger partial charge in [-0.1, -0.05) is 0 Å². The first kappa shape index (κ1) is 14.0. The van der Waals surface area contributed by atoms with Gasteiger partial charge in [0.25, 0.3) is 0 Å². The SMILES string of the molecule is CC(N)Cc1cn(CCOC(C)C)c2ncccc12. The van der Waals surface area contributed by atoms with E-state index in [-0.39, 0.29) is 12.1 Å². The molecule has 0 radical (unpaired) electrons. The van der Waals surface area contributed by atoms with E-state index in [1.807, 2.05) is 33.0 Å². The molecule has 0 fully saturated rings. The summed E-state index contributed by atoms with van der Waals surface area (Å²) in [6.45, 7) is 7.66. The van der Waals surface area contributed by atoms with Crippen molar-refractivity contribution >= 4 is 11.0 Å². The molecule has 2 aromatic heterocycles. The molecule has 0 saturated carbocycles. The molecule has 0 aliphatic carbocycles. The second-order valence-corrected chi connectivity index (χ2v) is 5.32. The summed E-state index contributed by atoms with van der Waals surface area (Å²) in [4.78, 5) is 4.47. The Balaban J connectivity index is 2.23. The zero-order chi connectivity index (χ0) is 13.8. The molecule has 0 amide bonds. The van der Waals surface area contributed by atoms with Crippen LogP contribution in [0.1, 0.15) is 26.3 Å². The molecule has 0 aromatic carbocycles. The van der Waals surface area contributed by atoms with Crippen molar-refractivity contribution in [1.82, 2.24) is 9.55 Å². The maximum Gasteiger partial charge on any atom is 0.140 e. The van der Waals surface area contributed by atoms with E-state index in [9.17, 15) is 0 Å². The Morgan fingerprint density at radius 2 is 2.16 bits per heavy atom. The normalized spacial score (nSPS) is 13.3. The van der Waals surface area contributed by atoms with E-state index in [1.165, 1.54) is 10.9 Å². The number of nitrogens with two attached hydrogens (primary N) is 1. The van der Waals surface area contributed by atoms with Crippen LogP contribution < -0.4 is 5.73 Å². The van der Waals surface area contributed by atoms with Gasteiger partial charge in [-0.15, -0.1) is 0 Å². The molecule has 0 aliphatic heterocycles. The van der Waals surface area contributed by atoms with Crippen LogP contribution in [0, 0.1) is 0 Å². The van der Waals surface area contributed by atoms with Crippen LogP contribution in [0.4, 0.5) is 0 Å². The fraction of sp³-hybridized carbons (Fsp3) is 0.533. The van der Waals surface area contributed by atoms with Gasteiger partial charge < -0.3 is 15.0 Å². The van der Waals surface area contributed by atoms with Crippen molar-refractivity contribution in [2.75, 3.05) is 6.61 Å². The molecular weight excluding hydrogens is 238 g/mol. The molecule has 4 heteroatoms. The number of rotatable bonds is 6. The summed E-state index contributed by atoms with van der Waals surface area (Å²) in [7, 11) is 0. The van der Waals surface area contributed by atoms with E-state index < -0.39 is 0 Å². The maximum atomic E-state index is 5.91. The number of ether oxygens (including phenoxy) is 1. The van der Waals surface area contributed by atoms with E-state index in [0.29, 0.717) is 6.61 Å². The van der Waals surface area contributed by atoms with Crippen LogP contribution in [0.15, 0.2) is 24.5 Å². The van der Waals surface area contributed by atoms with Crippen molar-refractivity contribution in [3.05, 3.63) is 30.1 Å². The van der Waals surface area contributed by atoms with Gasteiger partial charge in [-0.2, -0.15) is 0 Å². The molecule has 1 unspecified atom stereocenters. The van der Waals surface area contributed by atoms with E-state index in [4.69, 9.17) is 10.5 Å². The smallest absolute Gasteiger partial charge is 0.140 e. The number of aromatic nitrogens is 2. The number of fused-ring (bicyclic) bond motifs is 1. The Morgan fingerprint density at radius 3 is 2.84 bits per heavy atom. The van der Waals surface area contributed by atoms with E-state index >= 15 is 0 Å². The van der Waals surface area contributed by atoms with Gasteiger partial charge in [-0.3, -0.25) is 0 Å². The van der Waals surface area contributed by atoms with Crippen LogP contribution in [0.25, 0.3) is 11.0 Å². The minimum atomic E-state index is 0.158. The lowest BCUT2D eigenvalue weighted by Gasteiger charge is -2.08. The van der Waals surface area contributed by atoms with Crippen molar-refractivity contribution in [3.63, 3.8) is 0 Å². The van der Waals surface area contributed by atoms with Crippen molar-refractivity contribution in [2.45, 2.75) is 45.9 Å². The van der Waals surface area contributed by atoms with Crippen molar-refractivity contribution < 1.29 is 4.74 Å². The van der Waals surface area contributed by atoms with Gasteiger partial charge >= 0.3 is 0 Å². The number of nitrogens with zero attached hydrogens (tertiary/aromatic N) is 2. The molecule has 0 spiro atoms. The van der Waals surface area contributed by atoms with E-state index in [1.54, 1.807) is 0 Å². The molecule has 1 atom stereocenters. The highest BCUT2D eigenvalue weighted by Crippen LogP contribution is 2.20. The number of hydrogen-bond acceptors (Lipinski definition) is 3. The van der Waals surface area contributed by atoms with Crippen molar-refractivity contribution in [3.8, 4) is 0 Å². The van der Waals surface area contributed by atoms with Gasteiger partial charge in [-0.25, -0.2) is 4.98 Å². The standard InChI is InChI=1S/C15H23N3O/c1-11(2)19-8-7-18-10-13(9-12(3)16)14-5-4-6-17-15(14)18/h4-6,10-12H,7-9,16H2,1-3H3. The summed E-state index contributed by atoms with van der Waals surface area (Å²) in [5.74, 6) is 0. The molecule has 104 valence electrons. The minimum Gasteiger partial charge on any atom is -0.377 e. The molecule has 0 saturated heterocycles. The lowest BCUT2D eigenvalue weighted by Crippen LogP contribution is -2.17. The molecule has 2 rings (SSSR count). The molecule has 0 aliphatic rings.